The van der Waals surface area contributed by atoms with Crippen LogP contribution in [0.15, 0.2) is 42.5 Å². The summed E-state index contributed by atoms with van der Waals surface area (Å²) in [6.45, 7) is 3.84. The third kappa shape index (κ3) is 5.66. The van der Waals surface area contributed by atoms with E-state index in [9.17, 15) is 14.4 Å². The molecule has 1 aliphatic rings. The van der Waals surface area contributed by atoms with Crippen molar-refractivity contribution in [3.8, 4) is 5.75 Å². The van der Waals surface area contributed by atoms with Crippen LogP contribution in [-0.4, -0.2) is 41.8 Å². The monoisotopic (exact) mass is 538 g/mol. The molecule has 2 aromatic rings. The second-order valence-electron chi connectivity index (χ2n) is 7.54. The van der Waals surface area contributed by atoms with E-state index in [-0.39, 0.29) is 32.0 Å². The molecular formula is C22H23IN2O6. The third-order valence-corrected chi connectivity index (χ3v) is 5.71. The number of aliphatic carboxylic acids is 1. The van der Waals surface area contributed by atoms with Gasteiger partial charge in [-0.05, 0) is 59.7 Å². The number of hydrogen-bond acceptors (Lipinski definition) is 5. The minimum absolute atomic E-state index is 0.149. The highest BCUT2D eigenvalue weighted by molar-refractivity contribution is 14.1. The molecule has 31 heavy (non-hydrogen) atoms. The number of rotatable bonds is 7. The predicted molar refractivity (Wildman–Crippen MR) is 122 cm³/mol. The van der Waals surface area contributed by atoms with Gasteiger partial charge in [0.15, 0.2) is 5.60 Å². The number of ether oxygens (including phenoxy) is 2. The van der Waals surface area contributed by atoms with Crippen molar-refractivity contribution in [2.24, 2.45) is 0 Å². The van der Waals surface area contributed by atoms with Gasteiger partial charge in [0.25, 0.3) is 5.91 Å². The highest BCUT2D eigenvalue weighted by atomic mass is 127. The van der Waals surface area contributed by atoms with Crippen molar-refractivity contribution in [3.05, 3.63) is 57.2 Å². The molecule has 0 fully saturated rings. The minimum Gasteiger partial charge on any atom is -0.481 e. The van der Waals surface area contributed by atoms with Crippen molar-refractivity contribution < 1.29 is 29.0 Å². The Hall–Kier alpha value is -2.82. The molecule has 0 saturated carbocycles. The number of halogens is 1. The van der Waals surface area contributed by atoms with Crippen molar-refractivity contribution in [3.63, 3.8) is 0 Å². The lowest BCUT2D eigenvalue weighted by Gasteiger charge is -2.39. The summed E-state index contributed by atoms with van der Waals surface area (Å²) in [5.41, 5.74) is 0.860. The predicted octanol–water partition coefficient (Wildman–Crippen LogP) is 3.35. The Morgan fingerprint density at radius 1 is 1.23 bits per heavy atom. The van der Waals surface area contributed by atoms with Crippen LogP contribution in [0.4, 0.5) is 10.5 Å². The van der Waals surface area contributed by atoms with Gasteiger partial charge in [-0.2, -0.15) is 0 Å². The standard InChI is InChI=1S/C22H23IN2O6/c1-22(2)20(28)25(9-8-24-21(29)30-13-14-6-4-3-5-7-14)17-10-15(11-19(26)27)16(23)12-18(17)31-22/h3-7,10,12H,8-9,11,13H2,1-2H3,(H,24,29)(H,26,27). The quantitative estimate of drug-likeness (QED) is 0.525. The van der Waals surface area contributed by atoms with E-state index < -0.39 is 17.7 Å². The van der Waals surface area contributed by atoms with Gasteiger partial charge in [0.05, 0.1) is 12.1 Å². The van der Waals surface area contributed by atoms with Crippen molar-refractivity contribution >= 4 is 46.2 Å². The number of carbonyl (C=O) groups excluding carboxylic acids is 2. The SMILES string of the molecule is CC1(C)Oc2cc(I)c(CC(=O)O)cc2N(CCNC(=O)OCc2ccccc2)C1=O. The molecule has 2 amide bonds. The first-order chi connectivity index (χ1) is 14.7. The Bertz CT molecular complexity index is 993. The van der Waals surface area contributed by atoms with Gasteiger partial charge in [0.1, 0.15) is 12.4 Å². The Morgan fingerprint density at radius 2 is 1.94 bits per heavy atom. The first kappa shape index (κ1) is 22.9. The number of carbonyl (C=O) groups is 3. The molecule has 0 unspecified atom stereocenters. The van der Waals surface area contributed by atoms with Gasteiger partial charge < -0.3 is 24.8 Å². The number of nitrogens with one attached hydrogen (secondary N) is 1. The molecule has 9 heteroatoms. The van der Waals surface area contributed by atoms with Crippen LogP contribution < -0.4 is 15.0 Å². The molecule has 0 atom stereocenters. The smallest absolute Gasteiger partial charge is 0.407 e. The maximum absolute atomic E-state index is 13.0. The number of amides is 2. The number of carboxylic acid groups (broad SMARTS) is 1. The topological polar surface area (TPSA) is 105 Å². The highest BCUT2D eigenvalue weighted by Crippen LogP contribution is 2.40. The van der Waals surface area contributed by atoms with E-state index in [1.807, 2.05) is 30.3 Å². The molecule has 0 bridgehead atoms. The second kappa shape index (κ2) is 9.54. The molecule has 2 aromatic carbocycles. The molecule has 0 saturated heterocycles. The fraction of sp³-hybridized carbons (Fsp3) is 0.318. The third-order valence-electron chi connectivity index (χ3n) is 4.70. The Labute approximate surface area is 193 Å². The summed E-state index contributed by atoms with van der Waals surface area (Å²) in [5.74, 6) is -0.743. The Morgan fingerprint density at radius 3 is 2.61 bits per heavy atom. The zero-order valence-electron chi connectivity index (χ0n) is 17.2. The molecule has 2 N–H and O–H groups in total. The van der Waals surface area contributed by atoms with E-state index in [2.05, 4.69) is 27.9 Å². The summed E-state index contributed by atoms with van der Waals surface area (Å²) >= 11 is 2.05. The molecule has 0 aliphatic carbocycles. The summed E-state index contributed by atoms with van der Waals surface area (Å²) in [4.78, 5) is 37.6. The van der Waals surface area contributed by atoms with Crippen molar-refractivity contribution in [1.29, 1.82) is 0 Å². The number of fused-ring (bicyclic) bond motifs is 1. The van der Waals surface area contributed by atoms with Gasteiger partial charge in [-0.3, -0.25) is 9.59 Å². The van der Waals surface area contributed by atoms with Crippen molar-refractivity contribution in [1.82, 2.24) is 5.32 Å². The number of anilines is 1. The van der Waals surface area contributed by atoms with Crippen LogP contribution in [0.1, 0.15) is 25.0 Å². The molecule has 1 aliphatic heterocycles. The van der Waals surface area contributed by atoms with Crippen LogP contribution in [0.5, 0.6) is 5.75 Å². The first-order valence-corrected chi connectivity index (χ1v) is 10.7. The van der Waals surface area contributed by atoms with Crippen LogP contribution >= 0.6 is 22.6 Å². The van der Waals surface area contributed by atoms with E-state index in [1.54, 1.807) is 26.0 Å². The fourth-order valence-corrected chi connectivity index (χ4v) is 3.83. The van der Waals surface area contributed by atoms with Gasteiger partial charge >= 0.3 is 12.1 Å². The van der Waals surface area contributed by atoms with Crippen LogP contribution in [-0.2, 0) is 27.4 Å². The molecule has 164 valence electrons. The molecule has 1 heterocycles. The summed E-state index contributed by atoms with van der Waals surface area (Å²) in [5, 5.41) is 11.8. The summed E-state index contributed by atoms with van der Waals surface area (Å²) in [7, 11) is 0. The maximum atomic E-state index is 13.0. The van der Waals surface area contributed by atoms with E-state index in [0.717, 1.165) is 9.13 Å². The maximum Gasteiger partial charge on any atom is 0.407 e. The van der Waals surface area contributed by atoms with Crippen molar-refractivity contribution in [2.45, 2.75) is 32.5 Å². The summed E-state index contributed by atoms with van der Waals surface area (Å²) in [6, 6.07) is 12.7. The lowest BCUT2D eigenvalue weighted by molar-refractivity contribution is -0.136. The average Bonchev–Trinajstić information content (AvgIpc) is 2.71. The Kier molecular flexibility index (Phi) is 7.04. The lowest BCUT2D eigenvalue weighted by Crippen LogP contribution is -2.54. The van der Waals surface area contributed by atoms with Gasteiger partial charge in [-0.25, -0.2) is 4.79 Å². The van der Waals surface area contributed by atoms with Crippen LogP contribution in [0.2, 0.25) is 0 Å². The largest absolute Gasteiger partial charge is 0.481 e. The highest BCUT2D eigenvalue weighted by Gasteiger charge is 2.41. The average molecular weight is 538 g/mol. The van der Waals surface area contributed by atoms with Crippen LogP contribution in [0, 0.1) is 3.57 Å². The molecule has 8 nitrogen and oxygen atoms in total. The molecule has 0 spiro atoms. The van der Waals surface area contributed by atoms with Gasteiger partial charge in [0, 0.05) is 16.7 Å². The van der Waals surface area contributed by atoms with E-state index in [0.29, 0.717) is 17.0 Å². The zero-order valence-corrected chi connectivity index (χ0v) is 19.3. The number of hydrogen-bond donors (Lipinski definition) is 2. The van der Waals surface area contributed by atoms with E-state index in [1.165, 1.54) is 4.90 Å². The first-order valence-electron chi connectivity index (χ1n) is 9.67. The number of alkyl carbamates (subject to hydrolysis) is 1. The number of carboxylic acids is 1. The number of benzene rings is 2. The summed E-state index contributed by atoms with van der Waals surface area (Å²) in [6.07, 6.45) is -0.751. The normalized spacial score (nSPS) is 14.4. The molecule has 0 aromatic heterocycles. The second-order valence-corrected chi connectivity index (χ2v) is 8.70. The van der Waals surface area contributed by atoms with E-state index >= 15 is 0 Å². The molecule has 0 radical (unpaired) electrons. The van der Waals surface area contributed by atoms with Crippen molar-refractivity contribution in [2.75, 3.05) is 18.0 Å². The minimum atomic E-state index is -1.09. The summed E-state index contributed by atoms with van der Waals surface area (Å²) < 4.78 is 11.8. The molecule has 3 rings (SSSR count). The number of nitrogens with zero attached hydrogens (tertiary/aromatic N) is 1. The van der Waals surface area contributed by atoms with Gasteiger partial charge in [0.2, 0.25) is 0 Å². The molecular weight excluding hydrogens is 515 g/mol. The fourth-order valence-electron chi connectivity index (χ4n) is 3.20. The van der Waals surface area contributed by atoms with Gasteiger partial charge in [-0.1, -0.05) is 30.3 Å². The zero-order chi connectivity index (χ0) is 22.6. The Balaban J connectivity index is 1.69. The van der Waals surface area contributed by atoms with Crippen LogP contribution in [0.25, 0.3) is 0 Å². The van der Waals surface area contributed by atoms with Crippen LogP contribution in [0.3, 0.4) is 0 Å². The lowest BCUT2D eigenvalue weighted by atomic mass is 10.0. The van der Waals surface area contributed by atoms with E-state index in [4.69, 9.17) is 14.6 Å². The van der Waals surface area contributed by atoms with Gasteiger partial charge in [-0.15, -0.1) is 0 Å².